The van der Waals surface area contributed by atoms with Crippen LogP contribution < -0.4 is 30.8 Å². The molecule has 0 fully saturated rings. The molecule has 1 rings (SSSR count). The summed E-state index contributed by atoms with van der Waals surface area (Å²) >= 11 is 0. The van der Waals surface area contributed by atoms with Gasteiger partial charge < -0.3 is 49.1 Å². The monoisotopic (exact) mass is 932 g/mol. The smallest absolute Gasteiger partial charge is 0.741 e. The fraction of sp³-hybridized carbons (Fsp3) is 0.600. The molecule has 0 aromatic heterocycles. The maximum atomic E-state index is 10.9. The molecular weight excluding hydrogens is 898 g/mol. The quantitative estimate of drug-likeness (QED) is 0.0891. The summed E-state index contributed by atoms with van der Waals surface area (Å²) in [5.74, 6) is 0.215. The Morgan fingerprint density at radius 3 is 1.09 bits per heavy atom. The first-order chi connectivity index (χ1) is 16.9. The molecular formula is C15H33F9N6O11OsS3. The molecule has 0 bridgehead atoms. The fourth-order valence-electron chi connectivity index (χ4n) is 1.44. The van der Waals surface area contributed by atoms with E-state index < -0.39 is 46.9 Å². The van der Waals surface area contributed by atoms with Gasteiger partial charge in [0.2, 0.25) is 0 Å². The van der Waals surface area contributed by atoms with Gasteiger partial charge in [-0.15, -0.1) is 0 Å². The number of methoxy groups -OCH3 is 1. The van der Waals surface area contributed by atoms with Gasteiger partial charge in [0, 0.05) is 18.6 Å². The number of rotatable bonds is 3. The van der Waals surface area contributed by atoms with Crippen molar-refractivity contribution in [2.75, 3.05) is 21.2 Å². The van der Waals surface area contributed by atoms with Crippen molar-refractivity contribution in [1.82, 2.24) is 30.8 Å². The molecule has 15 N–H and O–H groups in total. The molecule has 17 nitrogen and oxygen atoms in total. The predicted octanol–water partition coefficient (Wildman–Crippen LogP) is 2.36. The van der Waals surface area contributed by atoms with Crippen molar-refractivity contribution >= 4 is 42.0 Å². The summed E-state index contributed by atoms with van der Waals surface area (Å²) in [6.07, 6.45) is 9.72. The van der Waals surface area contributed by atoms with E-state index in [1.807, 2.05) is 14.1 Å². The van der Waals surface area contributed by atoms with Crippen molar-refractivity contribution in [2.24, 2.45) is 5.92 Å². The molecule has 30 heteroatoms. The van der Waals surface area contributed by atoms with Crippen LogP contribution in [0.15, 0.2) is 24.3 Å². The molecule has 0 heterocycles. The number of allylic oxidation sites excluding steroid dienone is 4. The van der Waals surface area contributed by atoms with Crippen LogP contribution in [0.1, 0.15) is 12.8 Å². The van der Waals surface area contributed by atoms with Gasteiger partial charge in [0.25, 0.3) is 0 Å². The standard InChI is InChI=1S/C12H18NO2.3CHF3O3S.5H3N.Os/c1-13(2)11-7-4-10(5-8-11)6-9-12(14)15-3;3*2-1(3,4)8(5,6)7;;;;;;/h4-5,7-8,10H,6,9H2,1-3H3;3*(H,5,6,7);5*1H3;/q+1;;;;;;;;;+2/p-3. The van der Waals surface area contributed by atoms with Crippen molar-refractivity contribution in [2.45, 2.75) is 29.4 Å². The number of carbonyl (C=O) groups excluding carboxylic acids is 1. The number of nitrogens with zero attached hydrogens (tertiary/aromatic N) is 1. The number of halogens is 9. The van der Waals surface area contributed by atoms with Crippen LogP contribution >= 0.6 is 0 Å². The molecule has 0 aliphatic heterocycles. The van der Waals surface area contributed by atoms with Crippen LogP contribution in [0, 0.1) is 5.92 Å². The summed E-state index contributed by atoms with van der Waals surface area (Å²) in [7, 11) is -12.8. The van der Waals surface area contributed by atoms with E-state index in [0.717, 1.165) is 6.42 Å². The molecule has 1 aliphatic carbocycles. The van der Waals surface area contributed by atoms with Gasteiger partial charge in [0.05, 0.1) is 7.11 Å². The molecule has 0 aromatic rings. The van der Waals surface area contributed by atoms with Gasteiger partial charge in [-0.25, -0.2) is 29.8 Å². The zero-order chi connectivity index (χ0) is 32.3. The van der Waals surface area contributed by atoms with Crippen LogP contribution in [0.4, 0.5) is 39.5 Å². The van der Waals surface area contributed by atoms with Crippen molar-refractivity contribution < 1.29 is 112 Å². The van der Waals surface area contributed by atoms with E-state index in [9.17, 15) is 44.3 Å². The minimum atomic E-state index is -6.09. The Morgan fingerprint density at radius 2 is 0.933 bits per heavy atom. The van der Waals surface area contributed by atoms with E-state index in [1.165, 1.54) is 12.8 Å². The predicted molar refractivity (Wildman–Crippen MR) is 133 cm³/mol. The van der Waals surface area contributed by atoms with E-state index in [0.29, 0.717) is 12.3 Å². The van der Waals surface area contributed by atoms with Gasteiger partial charge in [-0.05, 0) is 12.3 Å². The third kappa shape index (κ3) is 31.9. The first-order valence-corrected chi connectivity index (χ1v) is 13.1. The van der Waals surface area contributed by atoms with Crippen LogP contribution in [0.5, 0.6) is 0 Å². The molecule has 278 valence electrons. The second-order valence-corrected chi connectivity index (χ2v) is 10.6. The van der Waals surface area contributed by atoms with E-state index in [4.69, 9.17) is 38.9 Å². The second-order valence-electron chi connectivity index (χ2n) is 6.52. The number of ether oxygens (including phenoxy) is 1. The summed E-state index contributed by atoms with van der Waals surface area (Å²) in [5.41, 5.74) is -15.8. The van der Waals surface area contributed by atoms with Gasteiger partial charge in [-0.3, -0.25) is 4.79 Å². The van der Waals surface area contributed by atoms with Gasteiger partial charge >= 0.3 is 42.3 Å². The first kappa shape index (κ1) is 65.7. The van der Waals surface area contributed by atoms with Gasteiger partial charge in [0.1, 0.15) is 14.1 Å². The Kier molecular flexibility index (Phi) is 36.9. The molecule has 0 spiro atoms. The molecule has 0 amide bonds. The number of carbonyl (C=O) groups is 1. The van der Waals surface area contributed by atoms with Gasteiger partial charge in [-0.2, -0.15) is 39.5 Å². The summed E-state index contributed by atoms with van der Waals surface area (Å²) in [6.45, 7) is 0. The molecule has 45 heavy (non-hydrogen) atoms. The molecule has 0 radical (unpaired) electrons. The molecule has 0 unspecified atom stereocenters. The van der Waals surface area contributed by atoms with Crippen molar-refractivity contribution in [3.63, 3.8) is 0 Å². The topological polar surface area (TPSA) is 376 Å². The molecule has 1 aliphatic rings. The van der Waals surface area contributed by atoms with Crippen molar-refractivity contribution in [3.8, 4) is 0 Å². The molecule has 0 saturated heterocycles. The maximum Gasteiger partial charge on any atom is 2.00 e. The van der Waals surface area contributed by atoms with Gasteiger partial charge in [-0.1, -0.05) is 12.2 Å². The first-order valence-electron chi connectivity index (χ1n) is 8.92. The summed E-state index contributed by atoms with van der Waals surface area (Å²) < 4.78 is 183. The normalized spacial score (nSPS) is 13.8. The Bertz CT molecular complexity index is 1120. The Hall–Kier alpha value is -1.84. The number of esters is 1. The third-order valence-corrected chi connectivity index (χ3v) is 5.01. The summed E-state index contributed by atoms with van der Waals surface area (Å²) in [5, 5.41) is 0. The minimum Gasteiger partial charge on any atom is -0.741 e. The largest absolute Gasteiger partial charge is 2.00 e. The Labute approximate surface area is 265 Å². The number of alkyl halides is 9. The van der Waals surface area contributed by atoms with Crippen molar-refractivity contribution in [3.05, 3.63) is 24.3 Å². The van der Waals surface area contributed by atoms with E-state index in [2.05, 4.69) is 33.6 Å². The number of hydrogen-bond acceptors (Lipinski definition) is 16. The van der Waals surface area contributed by atoms with Crippen LogP contribution in [0.3, 0.4) is 0 Å². The van der Waals surface area contributed by atoms with Crippen molar-refractivity contribution in [1.29, 1.82) is 0 Å². The average molecular weight is 931 g/mol. The van der Waals surface area contributed by atoms with Crippen LogP contribution in [0.2, 0.25) is 0 Å². The zero-order valence-electron chi connectivity index (χ0n) is 23.3. The molecule has 0 saturated carbocycles. The number of hydrogen-bond donors (Lipinski definition) is 5. The third-order valence-electron chi connectivity index (χ3n) is 3.30. The van der Waals surface area contributed by atoms with Crippen LogP contribution in [-0.4, -0.2) is 92.9 Å². The minimum absolute atomic E-state index is 0. The van der Waals surface area contributed by atoms with E-state index in [1.54, 1.807) is 0 Å². The summed E-state index contributed by atoms with van der Waals surface area (Å²) in [6, 6.07) is 0. The van der Waals surface area contributed by atoms with Crippen LogP contribution in [0.25, 0.3) is 0 Å². The maximum absolute atomic E-state index is 10.9. The molecule has 0 atom stereocenters. The average Bonchev–Trinajstić information content (AvgIpc) is 2.69. The zero-order valence-corrected chi connectivity index (χ0v) is 28.2. The van der Waals surface area contributed by atoms with Crippen LogP contribution in [-0.2, 0) is 59.7 Å². The fourth-order valence-corrected chi connectivity index (χ4v) is 1.44. The Balaban J connectivity index is -0.0000000549. The SMILES string of the molecule is COC(=O)CCC1C=CC(=[N+](C)C)C=C1.N.N.N.N.N.O=S(=O)([O-])C(F)(F)F.O=S(=O)([O-])C(F)(F)F.O=S(=O)([O-])C(F)(F)F.[Os+2]. The van der Waals surface area contributed by atoms with E-state index >= 15 is 0 Å². The van der Waals surface area contributed by atoms with Gasteiger partial charge in [0.15, 0.2) is 36.1 Å². The summed E-state index contributed by atoms with van der Waals surface area (Å²) in [4.78, 5) is 10.9. The van der Waals surface area contributed by atoms with E-state index in [-0.39, 0.29) is 56.5 Å². The Morgan fingerprint density at radius 1 is 0.711 bits per heavy atom. The molecule has 0 aromatic carbocycles. The second kappa shape index (κ2) is 25.3.